The van der Waals surface area contributed by atoms with Gasteiger partial charge in [-0.15, -0.1) is 0 Å². The van der Waals surface area contributed by atoms with Crippen LogP contribution >= 0.6 is 0 Å². The number of aromatic nitrogens is 1. The summed E-state index contributed by atoms with van der Waals surface area (Å²) >= 11 is 0. The van der Waals surface area contributed by atoms with Crippen molar-refractivity contribution in [2.75, 3.05) is 0 Å². The first-order chi connectivity index (χ1) is 7.25. The normalized spacial score (nSPS) is 19.6. The van der Waals surface area contributed by atoms with Crippen LogP contribution in [-0.4, -0.2) is 11.0 Å². The van der Waals surface area contributed by atoms with Gasteiger partial charge in [0.05, 0.1) is 12.7 Å². The monoisotopic (exact) mass is 208 g/mol. The highest BCUT2D eigenvalue weighted by Gasteiger charge is 2.21. The zero-order valence-electron chi connectivity index (χ0n) is 9.62. The van der Waals surface area contributed by atoms with Gasteiger partial charge in [0, 0.05) is 6.04 Å². The minimum atomic E-state index is 0.583. The number of rotatable bonds is 4. The zero-order valence-corrected chi connectivity index (χ0v) is 9.62. The lowest BCUT2D eigenvalue weighted by Crippen LogP contribution is -2.31. The third kappa shape index (κ3) is 2.81. The molecule has 2 rings (SSSR count). The first-order valence-electron chi connectivity index (χ1n) is 5.90. The number of nitrogens with one attached hydrogen (secondary N) is 1. The third-order valence-electron chi connectivity index (χ3n) is 3.35. The van der Waals surface area contributed by atoms with Crippen LogP contribution in [0.4, 0.5) is 0 Å². The van der Waals surface area contributed by atoms with E-state index in [9.17, 15) is 0 Å². The van der Waals surface area contributed by atoms with Crippen LogP contribution in [0, 0.1) is 12.8 Å². The van der Waals surface area contributed by atoms with Crippen LogP contribution in [0.1, 0.15) is 44.3 Å². The average Bonchev–Trinajstić information content (AvgIpc) is 2.84. The van der Waals surface area contributed by atoms with Crippen LogP contribution in [0.2, 0.25) is 0 Å². The summed E-state index contributed by atoms with van der Waals surface area (Å²) in [5.74, 6) is 2.54. The van der Waals surface area contributed by atoms with E-state index in [1.54, 1.807) is 6.20 Å². The molecule has 1 aliphatic rings. The maximum Gasteiger partial charge on any atom is 0.208 e. The molecule has 0 amide bonds. The molecule has 1 saturated carbocycles. The van der Waals surface area contributed by atoms with E-state index in [4.69, 9.17) is 4.42 Å². The minimum absolute atomic E-state index is 0.583. The smallest absolute Gasteiger partial charge is 0.208 e. The van der Waals surface area contributed by atoms with Gasteiger partial charge >= 0.3 is 0 Å². The van der Waals surface area contributed by atoms with Crippen LogP contribution in [0.3, 0.4) is 0 Å². The van der Waals surface area contributed by atoms with E-state index in [1.807, 2.05) is 6.92 Å². The lowest BCUT2D eigenvalue weighted by Gasteiger charge is -2.19. The molecular weight excluding hydrogens is 188 g/mol. The molecule has 15 heavy (non-hydrogen) atoms. The molecule has 0 spiro atoms. The van der Waals surface area contributed by atoms with Crippen LogP contribution in [-0.2, 0) is 6.54 Å². The van der Waals surface area contributed by atoms with Gasteiger partial charge in [-0.1, -0.05) is 12.8 Å². The lowest BCUT2D eigenvalue weighted by molar-refractivity contribution is 0.355. The molecule has 1 aliphatic carbocycles. The summed E-state index contributed by atoms with van der Waals surface area (Å²) in [5.41, 5.74) is 0. The Balaban J connectivity index is 1.77. The Morgan fingerprint density at radius 1 is 1.53 bits per heavy atom. The molecule has 1 aromatic heterocycles. The van der Waals surface area contributed by atoms with Crippen molar-refractivity contribution < 1.29 is 4.42 Å². The third-order valence-corrected chi connectivity index (χ3v) is 3.35. The summed E-state index contributed by atoms with van der Waals surface area (Å²) in [6, 6.07) is 0.583. The largest absolute Gasteiger partial charge is 0.445 e. The highest BCUT2D eigenvalue weighted by atomic mass is 16.4. The van der Waals surface area contributed by atoms with Crippen molar-refractivity contribution in [3.8, 4) is 0 Å². The van der Waals surface area contributed by atoms with Crippen molar-refractivity contribution in [3.63, 3.8) is 0 Å². The fourth-order valence-corrected chi connectivity index (χ4v) is 2.36. The van der Waals surface area contributed by atoms with E-state index in [-0.39, 0.29) is 0 Å². The van der Waals surface area contributed by atoms with Crippen LogP contribution in [0.25, 0.3) is 0 Å². The summed E-state index contributed by atoms with van der Waals surface area (Å²) in [4.78, 5) is 4.19. The number of nitrogens with zero attached hydrogens (tertiary/aromatic N) is 1. The van der Waals surface area contributed by atoms with E-state index in [0.29, 0.717) is 6.04 Å². The second-order valence-electron chi connectivity index (χ2n) is 4.58. The van der Waals surface area contributed by atoms with Crippen molar-refractivity contribution >= 4 is 0 Å². The minimum Gasteiger partial charge on any atom is -0.445 e. The molecule has 3 heteroatoms. The van der Waals surface area contributed by atoms with E-state index in [2.05, 4.69) is 17.2 Å². The Morgan fingerprint density at radius 2 is 2.27 bits per heavy atom. The van der Waals surface area contributed by atoms with Gasteiger partial charge in [0.15, 0.2) is 0 Å². The summed E-state index contributed by atoms with van der Waals surface area (Å²) < 4.78 is 5.42. The predicted octanol–water partition coefficient (Wildman–Crippen LogP) is 2.65. The van der Waals surface area contributed by atoms with Gasteiger partial charge in [0.25, 0.3) is 0 Å². The SMILES string of the molecule is Cc1cnc(CNC(C)C2CCCC2)o1. The highest BCUT2D eigenvalue weighted by Crippen LogP contribution is 2.27. The van der Waals surface area contributed by atoms with Crippen molar-refractivity contribution in [3.05, 3.63) is 17.8 Å². The first-order valence-corrected chi connectivity index (χ1v) is 5.90. The van der Waals surface area contributed by atoms with Crippen LogP contribution < -0.4 is 5.32 Å². The Hall–Kier alpha value is -0.830. The number of oxazole rings is 1. The van der Waals surface area contributed by atoms with Crippen molar-refractivity contribution in [2.24, 2.45) is 5.92 Å². The van der Waals surface area contributed by atoms with E-state index in [1.165, 1.54) is 25.7 Å². The van der Waals surface area contributed by atoms with Crippen LogP contribution in [0.5, 0.6) is 0 Å². The van der Waals surface area contributed by atoms with Crippen molar-refractivity contribution in [1.82, 2.24) is 10.3 Å². The average molecular weight is 208 g/mol. The maximum atomic E-state index is 5.42. The fourth-order valence-electron chi connectivity index (χ4n) is 2.36. The molecular formula is C12H20N2O. The van der Waals surface area contributed by atoms with E-state index in [0.717, 1.165) is 24.1 Å². The molecule has 84 valence electrons. The standard InChI is InChI=1S/C12H20N2O/c1-9-7-14-12(15-9)8-13-10(2)11-5-3-4-6-11/h7,10-11,13H,3-6,8H2,1-2H3. The molecule has 1 aromatic rings. The number of hydrogen-bond acceptors (Lipinski definition) is 3. The molecule has 0 aromatic carbocycles. The van der Waals surface area contributed by atoms with E-state index < -0.39 is 0 Å². The topological polar surface area (TPSA) is 38.1 Å². The molecule has 3 nitrogen and oxygen atoms in total. The zero-order chi connectivity index (χ0) is 10.7. The van der Waals surface area contributed by atoms with Gasteiger partial charge in [-0.3, -0.25) is 0 Å². The van der Waals surface area contributed by atoms with Crippen molar-refractivity contribution in [1.29, 1.82) is 0 Å². The second-order valence-corrected chi connectivity index (χ2v) is 4.58. The van der Waals surface area contributed by atoms with Crippen molar-refractivity contribution in [2.45, 2.75) is 52.1 Å². The molecule has 0 aliphatic heterocycles. The Bertz CT molecular complexity index is 302. The van der Waals surface area contributed by atoms with Gasteiger partial charge < -0.3 is 9.73 Å². The molecule has 1 unspecified atom stereocenters. The van der Waals surface area contributed by atoms with E-state index >= 15 is 0 Å². The Kier molecular flexibility index (Phi) is 3.41. The first kappa shape index (κ1) is 10.7. The van der Waals surface area contributed by atoms with Gasteiger partial charge in [-0.2, -0.15) is 0 Å². The van der Waals surface area contributed by atoms with Crippen LogP contribution in [0.15, 0.2) is 10.6 Å². The maximum absolute atomic E-state index is 5.42. The summed E-state index contributed by atoms with van der Waals surface area (Å²) in [7, 11) is 0. The Labute approximate surface area is 91.3 Å². The number of aryl methyl sites for hydroxylation is 1. The summed E-state index contributed by atoms with van der Waals surface area (Å²) in [6.45, 7) is 4.95. The van der Waals surface area contributed by atoms with Gasteiger partial charge in [-0.25, -0.2) is 4.98 Å². The molecule has 1 atom stereocenters. The fraction of sp³-hybridized carbons (Fsp3) is 0.750. The quantitative estimate of drug-likeness (QED) is 0.826. The number of hydrogen-bond donors (Lipinski definition) is 1. The molecule has 1 fully saturated rings. The molecule has 1 heterocycles. The van der Waals surface area contributed by atoms with Gasteiger partial charge in [0.2, 0.25) is 5.89 Å². The van der Waals surface area contributed by atoms with Gasteiger partial charge in [-0.05, 0) is 32.6 Å². The molecule has 0 bridgehead atoms. The molecule has 1 N–H and O–H groups in total. The second kappa shape index (κ2) is 4.79. The summed E-state index contributed by atoms with van der Waals surface area (Å²) in [5, 5.41) is 3.50. The molecule has 0 radical (unpaired) electrons. The lowest BCUT2D eigenvalue weighted by atomic mass is 10.00. The molecule has 0 saturated heterocycles. The predicted molar refractivity (Wildman–Crippen MR) is 59.5 cm³/mol. The highest BCUT2D eigenvalue weighted by molar-refractivity contribution is 4.91. The summed E-state index contributed by atoms with van der Waals surface area (Å²) in [6.07, 6.45) is 7.32. The van der Waals surface area contributed by atoms with Gasteiger partial charge in [0.1, 0.15) is 5.76 Å². The Morgan fingerprint density at radius 3 is 2.87 bits per heavy atom.